The maximum Gasteiger partial charge on any atom is 0.284 e. The van der Waals surface area contributed by atoms with Gasteiger partial charge in [-0.05, 0) is 38.8 Å². The molecule has 30 heavy (non-hydrogen) atoms. The van der Waals surface area contributed by atoms with E-state index in [1.54, 1.807) is 6.07 Å². The monoisotopic (exact) mass is 471 g/mol. The number of halogens is 1. The SMILES string of the molecule is O=C(N/N=C/c1cc([N+](=O)[O-])cc(Br)c1O)[C@H]1COc2cc3ccccc3cc2O1. The Bertz CT molecular complexity index is 1200. The first-order valence-corrected chi connectivity index (χ1v) is 9.54. The molecular formula is C20H14BrN3O6. The second kappa shape index (κ2) is 7.99. The number of hydrogen-bond donors (Lipinski definition) is 2. The lowest BCUT2D eigenvalue weighted by Gasteiger charge is -2.25. The van der Waals surface area contributed by atoms with E-state index in [0.29, 0.717) is 11.5 Å². The number of hydrazone groups is 1. The topological polar surface area (TPSA) is 123 Å². The van der Waals surface area contributed by atoms with E-state index in [-0.39, 0.29) is 28.1 Å². The second-order valence-corrected chi connectivity index (χ2v) is 7.27. The quantitative estimate of drug-likeness (QED) is 0.341. The molecule has 0 saturated heterocycles. The molecule has 0 radical (unpaired) electrons. The number of amides is 1. The number of fused-ring (bicyclic) bond motifs is 2. The van der Waals surface area contributed by atoms with Crippen LogP contribution in [0.3, 0.4) is 0 Å². The lowest BCUT2D eigenvalue weighted by Crippen LogP contribution is -2.42. The van der Waals surface area contributed by atoms with Crippen LogP contribution in [0.15, 0.2) is 58.1 Å². The normalized spacial score (nSPS) is 15.3. The fraction of sp³-hybridized carbons (Fsp3) is 0.100. The van der Waals surface area contributed by atoms with Gasteiger partial charge in [0.2, 0.25) is 6.10 Å². The van der Waals surface area contributed by atoms with Gasteiger partial charge in [-0.25, -0.2) is 5.43 Å². The van der Waals surface area contributed by atoms with Gasteiger partial charge in [-0.3, -0.25) is 14.9 Å². The zero-order valence-electron chi connectivity index (χ0n) is 15.2. The lowest BCUT2D eigenvalue weighted by atomic mass is 10.1. The summed E-state index contributed by atoms with van der Waals surface area (Å²) in [4.78, 5) is 22.7. The molecular weight excluding hydrogens is 458 g/mol. The molecule has 3 aromatic carbocycles. The standard InChI is InChI=1S/C20H14BrN3O6/c21-15-8-14(24(27)28)5-13(19(15)25)9-22-23-20(26)18-10-29-16-6-11-3-1-2-4-12(11)7-17(16)30-18/h1-9,18,25H,10H2,(H,23,26)/b22-9+/t18-/m1/s1. The summed E-state index contributed by atoms with van der Waals surface area (Å²) in [6.07, 6.45) is 0.178. The number of non-ortho nitro benzene ring substituents is 1. The molecule has 0 bridgehead atoms. The number of carbonyl (C=O) groups excluding carboxylic acids is 1. The number of nitro groups is 1. The lowest BCUT2D eigenvalue weighted by molar-refractivity contribution is -0.385. The van der Waals surface area contributed by atoms with E-state index in [0.717, 1.165) is 23.1 Å². The number of rotatable bonds is 4. The van der Waals surface area contributed by atoms with Crippen LogP contribution in [0.1, 0.15) is 5.56 Å². The van der Waals surface area contributed by atoms with Gasteiger partial charge in [0.25, 0.3) is 11.6 Å². The molecule has 0 unspecified atom stereocenters. The fourth-order valence-corrected chi connectivity index (χ4v) is 3.40. The summed E-state index contributed by atoms with van der Waals surface area (Å²) < 4.78 is 11.5. The number of aromatic hydroxyl groups is 1. The molecule has 1 amide bonds. The van der Waals surface area contributed by atoms with Crippen LogP contribution in [0.25, 0.3) is 10.8 Å². The number of nitrogens with zero attached hydrogens (tertiary/aromatic N) is 2. The number of ether oxygens (including phenoxy) is 2. The maximum absolute atomic E-state index is 12.4. The Morgan fingerprint density at radius 2 is 1.93 bits per heavy atom. The summed E-state index contributed by atoms with van der Waals surface area (Å²) in [5, 5.41) is 26.6. The predicted octanol–water partition coefficient (Wildman–Crippen LogP) is 3.51. The summed E-state index contributed by atoms with van der Waals surface area (Å²) in [6.45, 7) is 0.000298. The molecule has 9 nitrogen and oxygen atoms in total. The highest BCUT2D eigenvalue weighted by Gasteiger charge is 2.27. The summed E-state index contributed by atoms with van der Waals surface area (Å²) in [7, 11) is 0. The molecule has 0 spiro atoms. The summed E-state index contributed by atoms with van der Waals surface area (Å²) >= 11 is 3.04. The van der Waals surface area contributed by atoms with Crippen molar-refractivity contribution in [1.82, 2.24) is 5.43 Å². The van der Waals surface area contributed by atoms with E-state index in [4.69, 9.17) is 9.47 Å². The van der Waals surface area contributed by atoms with Crippen molar-refractivity contribution in [2.45, 2.75) is 6.10 Å². The van der Waals surface area contributed by atoms with Crippen molar-refractivity contribution in [2.75, 3.05) is 6.61 Å². The van der Waals surface area contributed by atoms with Gasteiger partial charge < -0.3 is 14.6 Å². The number of carbonyl (C=O) groups is 1. The van der Waals surface area contributed by atoms with E-state index in [1.807, 2.05) is 30.3 Å². The summed E-state index contributed by atoms with van der Waals surface area (Å²) in [5.41, 5.74) is 2.12. The smallest absolute Gasteiger partial charge is 0.284 e. The minimum absolute atomic E-state index is 0.000298. The molecule has 10 heteroatoms. The summed E-state index contributed by atoms with van der Waals surface area (Å²) in [5.74, 6) is 0.197. The first kappa shape index (κ1) is 19.6. The van der Waals surface area contributed by atoms with E-state index < -0.39 is 16.9 Å². The van der Waals surface area contributed by atoms with Gasteiger partial charge in [-0.1, -0.05) is 24.3 Å². The highest BCUT2D eigenvalue weighted by molar-refractivity contribution is 9.10. The minimum atomic E-state index is -0.929. The van der Waals surface area contributed by atoms with Gasteiger partial charge in [0.15, 0.2) is 11.5 Å². The van der Waals surface area contributed by atoms with Crippen LogP contribution in [-0.2, 0) is 4.79 Å². The van der Waals surface area contributed by atoms with E-state index in [9.17, 15) is 20.0 Å². The molecule has 1 aliphatic heterocycles. The van der Waals surface area contributed by atoms with Crippen LogP contribution < -0.4 is 14.9 Å². The molecule has 152 valence electrons. The molecule has 1 heterocycles. The second-order valence-electron chi connectivity index (χ2n) is 6.42. The van der Waals surface area contributed by atoms with Crippen molar-refractivity contribution in [3.63, 3.8) is 0 Å². The van der Waals surface area contributed by atoms with Crippen molar-refractivity contribution >= 4 is 44.5 Å². The van der Waals surface area contributed by atoms with Crippen LogP contribution in [-0.4, -0.2) is 34.9 Å². The van der Waals surface area contributed by atoms with Crippen molar-refractivity contribution in [3.8, 4) is 17.2 Å². The van der Waals surface area contributed by atoms with Crippen LogP contribution in [0.5, 0.6) is 17.2 Å². The minimum Gasteiger partial charge on any atom is -0.506 e. The highest BCUT2D eigenvalue weighted by Crippen LogP contribution is 2.36. The number of nitro benzene ring substituents is 1. The van der Waals surface area contributed by atoms with Crippen LogP contribution in [0.4, 0.5) is 5.69 Å². The number of phenolic OH excluding ortho intramolecular Hbond substituents is 1. The Morgan fingerprint density at radius 1 is 1.23 bits per heavy atom. The third-order valence-corrected chi connectivity index (χ3v) is 5.04. The van der Waals surface area contributed by atoms with Crippen molar-refractivity contribution < 1.29 is 24.3 Å². The van der Waals surface area contributed by atoms with Gasteiger partial charge >= 0.3 is 0 Å². The molecule has 1 atom stereocenters. The first-order valence-electron chi connectivity index (χ1n) is 8.74. The van der Waals surface area contributed by atoms with Crippen LogP contribution in [0.2, 0.25) is 0 Å². The third-order valence-electron chi connectivity index (χ3n) is 4.43. The van der Waals surface area contributed by atoms with Crippen molar-refractivity contribution in [1.29, 1.82) is 0 Å². The number of hydrogen-bond acceptors (Lipinski definition) is 7. The Morgan fingerprint density at radius 3 is 2.63 bits per heavy atom. The van der Waals surface area contributed by atoms with Gasteiger partial charge in [0, 0.05) is 17.7 Å². The zero-order chi connectivity index (χ0) is 21.3. The molecule has 3 aromatic rings. The Balaban J connectivity index is 1.46. The van der Waals surface area contributed by atoms with Gasteiger partial charge in [0.05, 0.1) is 15.6 Å². The maximum atomic E-state index is 12.4. The predicted molar refractivity (Wildman–Crippen MR) is 112 cm³/mol. The zero-order valence-corrected chi connectivity index (χ0v) is 16.8. The average molecular weight is 472 g/mol. The number of phenols is 1. The first-order chi connectivity index (χ1) is 14.4. The van der Waals surface area contributed by atoms with Gasteiger partial charge in [-0.15, -0.1) is 0 Å². The third kappa shape index (κ3) is 3.90. The van der Waals surface area contributed by atoms with E-state index in [2.05, 4.69) is 26.5 Å². The Hall–Kier alpha value is -3.66. The Kier molecular flexibility index (Phi) is 5.23. The average Bonchev–Trinajstić information content (AvgIpc) is 2.74. The molecule has 2 N–H and O–H groups in total. The molecule has 1 aliphatic rings. The largest absolute Gasteiger partial charge is 0.506 e. The van der Waals surface area contributed by atoms with Gasteiger partial charge in [0.1, 0.15) is 12.4 Å². The van der Waals surface area contributed by atoms with Crippen LogP contribution >= 0.6 is 15.9 Å². The molecule has 0 aromatic heterocycles. The summed E-state index contributed by atoms with van der Waals surface area (Å²) in [6, 6.07) is 13.6. The number of nitrogens with one attached hydrogen (secondary N) is 1. The number of benzene rings is 3. The highest BCUT2D eigenvalue weighted by atomic mass is 79.9. The molecule has 0 fully saturated rings. The molecule has 0 aliphatic carbocycles. The Labute approximate surface area is 178 Å². The molecule has 0 saturated carbocycles. The van der Waals surface area contributed by atoms with Crippen molar-refractivity contribution in [2.24, 2.45) is 5.10 Å². The van der Waals surface area contributed by atoms with E-state index >= 15 is 0 Å². The van der Waals surface area contributed by atoms with E-state index in [1.165, 1.54) is 6.07 Å². The van der Waals surface area contributed by atoms with Gasteiger partial charge in [-0.2, -0.15) is 5.10 Å². The molecule has 4 rings (SSSR count). The van der Waals surface area contributed by atoms with Crippen LogP contribution in [0, 0.1) is 10.1 Å². The fourth-order valence-electron chi connectivity index (χ4n) is 2.93. The van der Waals surface area contributed by atoms with Crippen molar-refractivity contribution in [3.05, 3.63) is 68.7 Å².